The summed E-state index contributed by atoms with van der Waals surface area (Å²) in [4.78, 5) is 4.19. The Morgan fingerprint density at radius 1 is 1.36 bits per heavy atom. The van der Waals surface area contributed by atoms with Gasteiger partial charge >= 0.3 is 0 Å². The number of rotatable bonds is 3. The molecule has 0 atom stereocenters. The first-order chi connectivity index (χ1) is 6.90. The van der Waals surface area contributed by atoms with Gasteiger partial charge in [0.15, 0.2) is 5.76 Å². The van der Waals surface area contributed by atoms with Crippen LogP contribution in [-0.4, -0.2) is 10.1 Å². The molecule has 0 aliphatic rings. The Kier molecular flexibility index (Phi) is 2.58. The van der Waals surface area contributed by atoms with E-state index < -0.39 is 0 Å². The van der Waals surface area contributed by atoms with Crippen LogP contribution in [0.4, 0.5) is 0 Å². The monoisotopic (exact) mass is 188 g/mol. The zero-order valence-electron chi connectivity index (χ0n) is 8.10. The van der Waals surface area contributed by atoms with E-state index in [0.717, 1.165) is 30.0 Å². The predicted molar refractivity (Wildman–Crippen MR) is 53.7 cm³/mol. The molecule has 0 radical (unpaired) electrons. The van der Waals surface area contributed by atoms with Crippen molar-refractivity contribution in [1.82, 2.24) is 10.1 Å². The zero-order chi connectivity index (χ0) is 9.80. The maximum absolute atomic E-state index is 5.19. The van der Waals surface area contributed by atoms with E-state index in [1.165, 1.54) is 0 Å². The summed E-state index contributed by atoms with van der Waals surface area (Å²) < 4.78 is 5.19. The van der Waals surface area contributed by atoms with Crippen LogP contribution in [0.3, 0.4) is 0 Å². The van der Waals surface area contributed by atoms with E-state index in [1.807, 2.05) is 24.3 Å². The molecule has 3 nitrogen and oxygen atoms in total. The Morgan fingerprint density at radius 3 is 3.00 bits per heavy atom. The average molecular weight is 188 g/mol. The van der Waals surface area contributed by atoms with Crippen molar-refractivity contribution in [3.05, 3.63) is 36.2 Å². The molecule has 0 saturated carbocycles. The Balaban J connectivity index is 2.25. The molecule has 0 aromatic carbocycles. The highest BCUT2D eigenvalue weighted by molar-refractivity contribution is 5.51. The van der Waals surface area contributed by atoms with Gasteiger partial charge in [-0.05, 0) is 18.6 Å². The first kappa shape index (κ1) is 8.94. The standard InChI is InChI=1S/C11H12N2O/c1-2-5-9-8-11(14-13-9)10-6-3-4-7-12-10/h3-4,6-8H,2,5H2,1H3. The topological polar surface area (TPSA) is 38.9 Å². The molecule has 0 saturated heterocycles. The van der Waals surface area contributed by atoms with E-state index in [9.17, 15) is 0 Å². The van der Waals surface area contributed by atoms with E-state index in [2.05, 4.69) is 17.1 Å². The van der Waals surface area contributed by atoms with Gasteiger partial charge in [-0.2, -0.15) is 0 Å². The smallest absolute Gasteiger partial charge is 0.185 e. The number of hydrogen-bond acceptors (Lipinski definition) is 3. The molecule has 2 heterocycles. The molecule has 0 fully saturated rings. The van der Waals surface area contributed by atoms with Crippen molar-refractivity contribution in [2.24, 2.45) is 0 Å². The quantitative estimate of drug-likeness (QED) is 0.743. The summed E-state index contributed by atoms with van der Waals surface area (Å²) in [5.74, 6) is 0.744. The summed E-state index contributed by atoms with van der Waals surface area (Å²) in [6, 6.07) is 7.68. The van der Waals surface area contributed by atoms with Crippen molar-refractivity contribution < 1.29 is 4.52 Å². The fourth-order valence-corrected chi connectivity index (χ4v) is 1.32. The van der Waals surface area contributed by atoms with Gasteiger partial charge in [0.2, 0.25) is 0 Å². The maximum atomic E-state index is 5.19. The third-order valence-electron chi connectivity index (χ3n) is 1.98. The largest absolute Gasteiger partial charge is 0.354 e. The van der Waals surface area contributed by atoms with Crippen LogP contribution in [0.15, 0.2) is 35.0 Å². The van der Waals surface area contributed by atoms with Gasteiger partial charge in [0.1, 0.15) is 5.69 Å². The van der Waals surface area contributed by atoms with Crippen LogP contribution < -0.4 is 0 Å². The lowest BCUT2D eigenvalue weighted by Crippen LogP contribution is -1.80. The third kappa shape index (κ3) is 1.82. The van der Waals surface area contributed by atoms with Gasteiger partial charge in [0.25, 0.3) is 0 Å². The molecule has 2 aromatic rings. The summed E-state index contributed by atoms with van der Waals surface area (Å²) in [6.45, 7) is 2.12. The fourth-order valence-electron chi connectivity index (χ4n) is 1.32. The van der Waals surface area contributed by atoms with Gasteiger partial charge in [0.05, 0.1) is 5.69 Å². The van der Waals surface area contributed by atoms with Crippen molar-refractivity contribution in [3.63, 3.8) is 0 Å². The molecular formula is C11H12N2O. The number of aryl methyl sites for hydroxylation is 1. The molecule has 0 spiro atoms. The van der Waals surface area contributed by atoms with Crippen LogP contribution in [0, 0.1) is 0 Å². The Bertz CT molecular complexity index is 395. The van der Waals surface area contributed by atoms with Crippen LogP contribution in [0.25, 0.3) is 11.5 Å². The Hall–Kier alpha value is -1.64. The Labute approximate surface area is 82.8 Å². The lowest BCUT2D eigenvalue weighted by molar-refractivity contribution is 0.422. The van der Waals surface area contributed by atoms with Crippen LogP contribution >= 0.6 is 0 Å². The van der Waals surface area contributed by atoms with Crippen molar-refractivity contribution in [3.8, 4) is 11.5 Å². The highest BCUT2D eigenvalue weighted by atomic mass is 16.5. The molecule has 2 aromatic heterocycles. The summed E-state index contributed by atoms with van der Waals surface area (Å²) in [5, 5.41) is 3.97. The fraction of sp³-hybridized carbons (Fsp3) is 0.273. The van der Waals surface area contributed by atoms with E-state index in [1.54, 1.807) is 6.20 Å². The maximum Gasteiger partial charge on any atom is 0.185 e. The first-order valence-corrected chi connectivity index (χ1v) is 4.77. The number of pyridine rings is 1. The molecule has 0 unspecified atom stereocenters. The van der Waals surface area contributed by atoms with Gasteiger partial charge in [-0.3, -0.25) is 4.98 Å². The highest BCUT2D eigenvalue weighted by Crippen LogP contribution is 2.17. The summed E-state index contributed by atoms with van der Waals surface area (Å²) in [5.41, 5.74) is 1.83. The minimum atomic E-state index is 0.744. The molecule has 0 aliphatic heterocycles. The molecule has 72 valence electrons. The van der Waals surface area contributed by atoms with Gasteiger partial charge in [-0.1, -0.05) is 24.6 Å². The predicted octanol–water partition coefficient (Wildman–Crippen LogP) is 2.69. The molecule has 14 heavy (non-hydrogen) atoms. The Morgan fingerprint density at radius 2 is 2.29 bits per heavy atom. The van der Waals surface area contributed by atoms with E-state index >= 15 is 0 Å². The van der Waals surface area contributed by atoms with Crippen LogP contribution in [-0.2, 0) is 6.42 Å². The van der Waals surface area contributed by atoms with Gasteiger partial charge < -0.3 is 4.52 Å². The summed E-state index contributed by atoms with van der Waals surface area (Å²) >= 11 is 0. The molecule has 0 aliphatic carbocycles. The zero-order valence-corrected chi connectivity index (χ0v) is 8.10. The number of nitrogens with zero attached hydrogens (tertiary/aromatic N) is 2. The second-order valence-corrected chi connectivity index (χ2v) is 3.15. The van der Waals surface area contributed by atoms with Gasteiger partial charge in [-0.25, -0.2) is 0 Å². The van der Waals surface area contributed by atoms with Gasteiger partial charge in [-0.15, -0.1) is 0 Å². The minimum Gasteiger partial charge on any atom is -0.354 e. The van der Waals surface area contributed by atoms with Crippen molar-refractivity contribution in [1.29, 1.82) is 0 Å². The van der Waals surface area contributed by atoms with Crippen molar-refractivity contribution >= 4 is 0 Å². The normalized spacial score (nSPS) is 10.4. The minimum absolute atomic E-state index is 0.744. The molecule has 3 heteroatoms. The second-order valence-electron chi connectivity index (χ2n) is 3.15. The van der Waals surface area contributed by atoms with Gasteiger partial charge in [0, 0.05) is 12.3 Å². The van der Waals surface area contributed by atoms with Crippen molar-refractivity contribution in [2.75, 3.05) is 0 Å². The summed E-state index contributed by atoms with van der Waals surface area (Å²) in [6.07, 6.45) is 3.78. The molecule has 0 N–H and O–H groups in total. The van der Waals surface area contributed by atoms with Crippen molar-refractivity contribution in [2.45, 2.75) is 19.8 Å². The van der Waals surface area contributed by atoms with Crippen LogP contribution in [0.1, 0.15) is 19.0 Å². The highest BCUT2D eigenvalue weighted by Gasteiger charge is 2.05. The van der Waals surface area contributed by atoms with E-state index in [4.69, 9.17) is 4.52 Å². The van der Waals surface area contributed by atoms with E-state index in [0.29, 0.717) is 0 Å². The lowest BCUT2D eigenvalue weighted by Gasteiger charge is -1.90. The number of aromatic nitrogens is 2. The first-order valence-electron chi connectivity index (χ1n) is 4.77. The summed E-state index contributed by atoms with van der Waals surface area (Å²) in [7, 11) is 0. The second kappa shape index (κ2) is 4.05. The third-order valence-corrected chi connectivity index (χ3v) is 1.98. The number of hydrogen-bond donors (Lipinski definition) is 0. The lowest BCUT2D eigenvalue weighted by atomic mass is 10.2. The SMILES string of the molecule is CCCc1cc(-c2ccccn2)on1. The molecule has 0 bridgehead atoms. The van der Waals surface area contributed by atoms with Crippen LogP contribution in [0.5, 0.6) is 0 Å². The van der Waals surface area contributed by atoms with E-state index in [-0.39, 0.29) is 0 Å². The van der Waals surface area contributed by atoms with Crippen LogP contribution in [0.2, 0.25) is 0 Å². The molecule has 2 rings (SSSR count). The molecular weight excluding hydrogens is 176 g/mol. The average Bonchev–Trinajstić information content (AvgIpc) is 2.68. The molecule has 0 amide bonds.